The molecule has 2 heterocycles. The minimum atomic E-state index is 0.549. The molecule has 0 radical (unpaired) electrons. The van der Waals surface area contributed by atoms with Crippen LogP contribution in [0.5, 0.6) is 0 Å². The number of nitrogens with two attached hydrogens (primary N) is 2. The zero-order chi connectivity index (χ0) is 14.2. The summed E-state index contributed by atoms with van der Waals surface area (Å²) in [7, 11) is 0. The molecule has 110 valence electrons. The van der Waals surface area contributed by atoms with Gasteiger partial charge in [-0.2, -0.15) is 0 Å². The predicted octanol–water partition coefficient (Wildman–Crippen LogP) is -1.86. The molecule has 10 heteroatoms. The van der Waals surface area contributed by atoms with E-state index in [-0.39, 0.29) is 0 Å². The Balaban J connectivity index is 1.76. The predicted molar refractivity (Wildman–Crippen MR) is 70.4 cm³/mol. The third kappa shape index (κ3) is 3.78. The van der Waals surface area contributed by atoms with E-state index in [0.717, 1.165) is 37.6 Å². The smallest absolute Gasteiger partial charge is 0.152 e. The molecule has 0 saturated heterocycles. The molecule has 0 aliphatic carbocycles. The molecule has 0 aliphatic rings. The SMILES string of the molecule is NCCc1nnnn1CCCCn1nnnc1CCN. The first-order valence-corrected chi connectivity index (χ1v) is 6.75. The van der Waals surface area contributed by atoms with Crippen LogP contribution in [0.15, 0.2) is 0 Å². The van der Waals surface area contributed by atoms with E-state index in [9.17, 15) is 0 Å². The first kappa shape index (κ1) is 14.5. The van der Waals surface area contributed by atoms with Crippen LogP contribution in [-0.2, 0) is 25.9 Å². The summed E-state index contributed by atoms with van der Waals surface area (Å²) < 4.78 is 3.60. The Morgan fingerprint density at radius 3 is 1.60 bits per heavy atom. The summed E-state index contributed by atoms with van der Waals surface area (Å²) in [6.45, 7) is 2.65. The van der Waals surface area contributed by atoms with E-state index >= 15 is 0 Å². The van der Waals surface area contributed by atoms with Gasteiger partial charge in [0, 0.05) is 25.9 Å². The van der Waals surface area contributed by atoms with E-state index in [1.807, 2.05) is 0 Å². The molecule has 0 fully saturated rings. The first-order valence-electron chi connectivity index (χ1n) is 6.75. The second-order valence-electron chi connectivity index (χ2n) is 4.42. The minimum Gasteiger partial charge on any atom is -0.330 e. The topological polar surface area (TPSA) is 139 Å². The van der Waals surface area contributed by atoms with Crippen molar-refractivity contribution in [3.05, 3.63) is 11.6 Å². The van der Waals surface area contributed by atoms with Crippen molar-refractivity contribution in [1.82, 2.24) is 40.4 Å². The monoisotopic (exact) mass is 280 g/mol. The maximum absolute atomic E-state index is 5.51. The lowest BCUT2D eigenvalue weighted by Crippen LogP contribution is -2.13. The zero-order valence-corrected chi connectivity index (χ0v) is 11.4. The zero-order valence-electron chi connectivity index (χ0n) is 11.4. The maximum atomic E-state index is 5.51. The Bertz CT molecular complexity index is 457. The summed E-state index contributed by atoms with van der Waals surface area (Å²) in [4.78, 5) is 0. The first-order chi connectivity index (χ1) is 9.85. The molecule has 0 aliphatic heterocycles. The summed E-state index contributed by atoms with van der Waals surface area (Å²) >= 11 is 0. The van der Waals surface area contributed by atoms with Crippen LogP contribution in [0.25, 0.3) is 0 Å². The van der Waals surface area contributed by atoms with E-state index in [1.165, 1.54) is 0 Å². The normalized spacial score (nSPS) is 11.1. The molecule has 10 nitrogen and oxygen atoms in total. The highest BCUT2D eigenvalue weighted by Crippen LogP contribution is 2.01. The van der Waals surface area contributed by atoms with Gasteiger partial charge < -0.3 is 11.5 Å². The Morgan fingerprint density at radius 2 is 1.20 bits per heavy atom. The fourth-order valence-electron chi connectivity index (χ4n) is 1.93. The largest absolute Gasteiger partial charge is 0.330 e. The summed E-state index contributed by atoms with van der Waals surface area (Å²) in [5.41, 5.74) is 11.0. The van der Waals surface area contributed by atoms with Gasteiger partial charge in [-0.05, 0) is 46.8 Å². The van der Waals surface area contributed by atoms with Crippen molar-refractivity contribution in [3.8, 4) is 0 Å². The number of rotatable bonds is 9. The van der Waals surface area contributed by atoms with Crippen LogP contribution < -0.4 is 11.5 Å². The van der Waals surface area contributed by atoms with E-state index in [2.05, 4.69) is 31.1 Å². The highest BCUT2D eigenvalue weighted by molar-refractivity contribution is 4.82. The lowest BCUT2D eigenvalue weighted by atomic mass is 10.3. The Labute approximate surface area is 116 Å². The summed E-state index contributed by atoms with van der Waals surface area (Å²) in [6.07, 6.45) is 3.29. The lowest BCUT2D eigenvalue weighted by molar-refractivity contribution is 0.470. The maximum Gasteiger partial charge on any atom is 0.152 e. The third-order valence-electron chi connectivity index (χ3n) is 2.94. The molecule has 2 aromatic rings. The molecule has 20 heavy (non-hydrogen) atoms. The minimum absolute atomic E-state index is 0.549. The third-order valence-corrected chi connectivity index (χ3v) is 2.94. The highest BCUT2D eigenvalue weighted by atomic mass is 15.5. The molecule has 0 aromatic carbocycles. The second kappa shape index (κ2) is 7.60. The van der Waals surface area contributed by atoms with Gasteiger partial charge in [-0.1, -0.05) is 0 Å². The molecule has 4 N–H and O–H groups in total. The van der Waals surface area contributed by atoms with Gasteiger partial charge in [-0.3, -0.25) is 0 Å². The van der Waals surface area contributed by atoms with Gasteiger partial charge in [0.2, 0.25) is 0 Å². The fourth-order valence-corrected chi connectivity index (χ4v) is 1.93. The van der Waals surface area contributed by atoms with Gasteiger partial charge in [0.1, 0.15) is 0 Å². The van der Waals surface area contributed by atoms with Crippen LogP contribution >= 0.6 is 0 Å². The van der Waals surface area contributed by atoms with Gasteiger partial charge in [-0.15, -0.1) is 10.2 Å². The molecule has 0 saturated carbocycles. The Kier molecular flexibility index (Phi) is 5.50. The molecule has 0 unspecified atom stereocenters. The Hall–Kier alpha value is -1.94. The van der Waals surface area contributed by atoms with Crippen LogP contribution in [0.4, 0.5) is 0 Å². The average Bonchev–Trinajstić information content (AvgIpc) is 3.06. The molecular formula is C10H20N10. The van der Waals surface area contributed by atoms with Crippen molar-refractivity contribution in [2.24, 2.45) is 11.5 Å². The van der Waals surface area contributed by atoms with Gasteiger partial charge in [-0.25, -0.2) is 9.36 Å². The molecular weight excluding hydrogens is 260 g/mol. The number of tetrazole rings is 2. The second-order valence-corrected chi connectivity index (χ2v) is 4.42. The van der Waals surface area contributed by atoms with E-state index in [0.29, 0.717) is 25.9 Å². The average molecular weight is 280 g/mol. The summed E-state index contributed by atoms with van der Waals surface area (Å²) in [5.74, 6) is 1.66. The number of nitrogens with zero attached hydrogens (tertiary/aromatic N) is 8. The molecule has 0 spiro atoms. The number of aromatic nitrogens is 8. The highest BCUT2D eigenvalue weighted by Gasteiger charge is 2.06. The van der Waals surface area contributed by atoms with Gasteiger partial charge in [0.15, 0.2) is 11.6 Å². The lowest BCUT2D eigenvalue weighted by Gasteiger charge is -2.05. The number of hydrogen-bond acceptors (Lipinski definition) is 8. The van der Waals surface area contributed by atoms with Gasteiger partial charge >= 0.3 is 0 Å². The molecule has 0 atom stereocenters. The number of aryl methyl sites for hydroxylation is 2. The summed E-state index contributed by atoms with van der Waals surface area (Å²) in [5, 5.41) is 23.1. The van der Waals surface area contributed by atoms with Crippen LogP contribution in [0.3, 0.4) is 0 Å². The standard InChI is InChI=1S/C10H20N10/c11-5-3-9-13-15-17-19(9)7-1-2-8-20-10(4-6-12)14-16-18-20/h1-8,11-12H2. The molecule has 0 bridgehead atoms. The quantitative estimate of drug-likeness (QED) is 0.510. The van der Waals surface area contributed by atoms with Crippen LogP contribution in [0.1, 0.15) is 24.5 Å². The van der Waals surface area contributed by atoms with Crippen molar-refractivity contribution in [1.29, 1.82) is 0 Å². The fraction of sp³-hybridized carbons (Fsp3) is 0.800. The van der Waals surface area contributed by atoms with Crippen LogP contribution in [-0.4, -0.2) is 53.5 Å². The Morgan fingerprint density at radius 1 is 0.750 bits per heavy atom. The van der Waals surface area contributed by atoms with Crippen LogP contribution in [0.2, 0.25) is 0 Å². The van der Waals surface area contributed by atoms with Gasteiger partial charge in [0.25, 0.3) is 0 Å². The molecule has 0 amide bonds. The number of hydrogen-bond donors (Lipinski definition) is 2. The van der Waals surface area contributed by atoms with E-state index in [1.54, 1.807) is 9.36 Å². The van der Waals surface area contributed by atoms with Crippen LogP contribution in [0, 0.1) is 0 Å². The van der Waals surface area contributed by atoms with Crippen molar-refractivity contribution in [2.45, 2.75) is 38.8 Å². The number of unbranched alkanes of at least 4 members (excludes halogenated alkanes) is 1. The van der Waals surface area contributed by atoms with Crippen molar-refractivity contribution in [2.75, 3.05) is 13.1 Å². The van der Waals surface area contributed by atoms with Crippen molar-refractivity contribution >= 4 is 0 Å². The summed E-state index contributed by atoms with van der Waals surface area (Å²) in [6, 6.07) is 0. The van der Waals surface area contributed by atoms with E-state index in [4.69, 9.17) is 11.5 Å². The van der Waals surface area contributed by atoms with Crippen molar-refractivity contribution < 1.29 is 0 Å². The molecule has 2 rings (SSSR count). The van der Waals surface area contributed by atoms with E-state index < -0.39 is 0 Å². The van der Waals surface area contributed by atoms with Crippen molar-refractivity contribution in [3.63, 3.8) is 0 Å². The van der Waals surface area contributed by atoms with Gasteiger partial charge in [0.05, 0.1) is 0 Å². The molecule has 2 aromatic heterocycles.